The van der Waals surface area contributed by atoms with Crippen LogP contribution in [-0.4, -0.2) is 16.0 Å². The molecular weight excluding hydrogens is 305 g/mol. The van der Waals surface area contributed by atoms with Crippen LogP contribution in [0.1, 0.15) is 30.3 Å². The summed E-state index contributed by atoms with van der Waals surface area (Å²) in [6.07, 6.45) is 3.33. The molecule has 1 saturated heterocycles. The number of fused-ring (bicyclic) bond motifs is 5. The van der Waals surface area contributed by atoms with Gasteiger partial charge >= 0.3 is 0 Å². The predicted molar refractivity (Wildman–Crippen MR) is 79.4 cm³/mol. The first-order valence-corrected chi connectivity index (χ1v) is 6.88. The van der Waals surface area contributed by atoms with E-state index in [-0.39, 0.29) is 12.4 Å². The lowest BCUT2D eigenvalue weighted by atomic mass is 10.1. The van der Waals surface area contributed by atoms with Crippen molar-refractivity contribution in [2.75, 3.05) is 0 Å². The molecule has 1 unspecified atom stereocenters. The van der Waals surface area contributed by atoms with Crippen LogP contribution in [0, 0.1) is 0 Å². The van der Waals surface area contributed by atoms with Crippen LogP contribution in [0.4, 0.5) is 0 Å². The molecule has 4 rings (SSSR count). The van der Waals surface area contributed by atoms with Crippen LogP contribution >= 0.6 is 35.6 Å². The third kappa shape index (κ3) is 2.09. The Morgan fingerprint density at radius 3 is 2.47 bits per heavy atom. The summed E-state index contributed by atoms with van der Waals surface area (Å²) < 4.78 is 0. The molecule has 2 atom stereocenters. The van der Waals surface area contributed by atoms with Crippen LogP contribution in [0.5, 0.6) is 0 Å². The topological polar surface area (TPSA) is 37.8 Å². The molecule has 19 heavy (non-hydrogen) atoms. The predicted octanol–water partition coefficient (Wildman–Crippen LogP) is 3.71. The van der Waals surface area contributed by atoms with Gasteiger partial charge in [0.2, 0.25) is 0 Å². The van der Waals surface area contributed by atoms with Crippen molar-refractivity contribution in [2.45, 2.75) is 31.3 Å². The minimum atomic E-state index is 0. The molecule has 6 heteroatoms. The van der Waals surface area contributed by atoms with Gasteiger partial charge in [-0.3, -0.25) is 0 Å². The maximum Gasteiger partial charge on any atom is 0.0907 e. The van der Waals surface area contributed by atoms with Crippen molar-refractivity contribution in [1.29, 1.82) is 0 Å². The van der Waals surface area contributed by atoms with Crippen LogP contribution in [0.15, 0.2) is 12.1 Å². The lowest BCUT2D eigenvalue weighted by Gasteiger charge is -2.23. The number of nitrogens with zero attached hydrogens (tertiary/aromatic N) is 2. The number of hydrogen-bond acceptors (Lipinski definition) is 3. The molecule has 3 nitrogen and oxygen atoms in total. The van der Waals surface area contributed by atoms with Gasteiger partial charge in [-0.1, -0.05) is 23.2 Å². The zero-order valence-corrected chi connectivity index (χ0v) is 12.3. The van der Waals surface area contributed by atoms with Gasteiger partial charge < -0.3 is 5.32 Å². The van der Waals surface area contributed by atoms with Crippen molar-refractivity contribution >= 4 is 46.6 Å². The Morgan fingerprint density at radius 1 is 1.05 bits per heavy atom. The highest BCUT2D eigenvalue weighted by Gasteiger charge is 2.34. The Hall–Kier alpha value is -0.610. The molecule has 0 saturated carbocycles. The highest BCUT2D eigenvalue weighted by Crippen LogP contribution is 2.35. The molecular formula is C13H12Cl3N3. The zero-order chi connectivity index (χ0) is 12.3. The summed E-state index contributed by atoms with van der Waals surface area (Å²) in [5, 5.41) is 4.65. The Morgan fingerprint density at radius 2 is 1.74 bits per heavy atom. The quantitative estimate of drug-likeness (QED) is 0.805. The fourth-order valence-electron chi connectivity index (χ4n) is 2.96. The smallest absolute Gasteiger partial charge is 0.0907 e. The van der Waals surface area contributed by atoms with E-state index in [9.17, 15) is 0 Å². The van der Waals surface area contributed by atoms with E-state index in [1.807, 2.05) is 0 Å². The number of benzene rings is 1. The van der Waals surface area contributed by atoms with Gasteiger partial charge in [0, 0.05) is 12.5 Å². The van der Waals surface area contributed by atoms with Gasteiger partial charge in [0.25, 0.3) is 0 Å². The van der Waals surface area contributed by atoms with Crippen molar-refractivity contribution in [2.24, 2.45) is 0 Å². The molecule has 1 N–H and O–H groups in total. The van der Waals surface area contributed by atoms with Gasteiger partial charge in [0.15, 0.2) is 0 Å². The molecule has 0 amide bonds. The molecule has 1 aromatic carbocycles. The van der Waals surface area contributed by atoms with Crippen molar-refractivity contribution in [3.05, 3.63) is 33.6 Å². The average molecular weight is 317 g/mol. The SMILES string of the molecule is Cl.Clc1cc2nc3c(nc2cc1Cl)[C@@H]1CCC(C3)N1. The van der Waals surface area contributed by atoms with Crippen molar-refractivity contribution in [1.82, 2.24) is 15.3 Å². The van der Waals surface area contributed by atoms with E-state index in [4.69, 9.17) is 33.2 Å². The van der Waals surface area contributed by atoms with Gasteiger partial charge in [-0.15, -0.1) is 12.4 Å². The van der Waals surface area contributed by atoms with Gasteiger partial charge in [-0.05, 0) is 25.0 Å². The van der Waals surface area contributed by atoms with Crippen molar-refractivity contribution in [3.63, 3.8) is 0 Å². The molecule has 0 radical (unpaired) electrons. The largest absolute Gasteiger partial charge is 0.305 e. The van der Waals surface area contributed by atoms with Gasteiger partial charge in [0.05, 0.1) is 38.5 Å². The van der Waals surface area contributed by atoms with E-state index < -0.39 is 0 Å². The molecule has 1 aromatic heterocycles. The lowest BCUT2D eigenvalue weighted by molar-refractivity contribution is 0.497. The molecule has 0 aliphatic carbocycles. The number of hydrogen-bond donors (Lipinski definition) is 1. The Labute approximate surface area is 127 Å². The summed E-state index contributed by atoms with van der Waals surface area (Å²) in [5.41, 5.74) is 3.88. The molecule has 1 fully saturated rings. The number of aromatic nitrogens is 2. The zero-order valence-electron chi connectivity index (χ0n) is 9.99. The monoisotopic (exact) mass is 315 g/mol. The van der Waals surface area contributed by atoms with E-state index in [1.54, 1.807) is 12.1 Å². The average Bonchev–Trinajstić information content (AvgIpc) is 2.73. The van der Waals surface area contributed by atoms with Crippen LogP contribution < -0.4 is 5.32 Å². The standard InChI is InChI=1S/C13H11Cl2N3.ClH/c14-7-4-10-11(5-8(7)15)18-13-9-2-1-6(16-9)3-12(13)17-10;/h4-6,9,16H,1-3H2;1H/t6?,9-;/m0./s1. The summed E-state index contributed by atoms with van der Waals surface area (Å²) >= 11 is 12.1. The van der Waals surface area contributed by atoms with Gasteiger partial charge in [-0.2, -0.15) is 0 Å². The molecule has 2 aromatic rings. The van der Waals surface area contributed by atoms with Gasteiger partial charge in [0.1, 0.15) is 0 Å². The second-order valence-electron chi connectivity index (χ2n) is 5.01. The summed E-state index contributed by atoms with van der Waals surface area (Å²) in [5.74, 6) is 0. The van der Waals surface area contributed by atoms with Crippen LogP contribution in [0.25, 0.3) is 11.0 Å². The normalized spacial score (nSPS) is 24.1. The highest BCUT2D eigenvalue weighted by atomic mass is 35.5. The van der Waals surface area contributed by atoms with E-state index in [2.05, 4.69) is 5.32 Å². The molecule has 2 aliphatic rings. The third-order valence-electron chi connectivity index (χ3n) is 3.82. The van der Waals surface area contributed by atoms with E-state index in [0.717, 1.165) is 35.3 Å². The fourth-order valence-corrected chi connectivity index (χ4v) is 3.28. The minimum absolute atomic E-state index is 0. The Bertz CT molecular complexity index is 659. The van der Waals surface area contributed by atoms with E-state index >= 15 is 0 Å². The summed E-state index contributed by atoms with van der Waals surface area (Å²) in [6.45, 7) is 0. The molecule has 100 valence electrons. The molecule has 3 heterocycles. The lowest BCUT2D eigenvalue weighted by Crippen LogP contribution is -2.33. The Balaban J connectivity index is 0.00000110. The second-order valence-corrected chi connectivity index (χ2v) is 5.82. The first-order chi connectivity index (χ1) is 8.70. The van der Waals surface area contributed by atoms with Gasteiger partial charge in [-0.25, -0.2) is 9.97 Å². The van der Waals surface area contributed by atoms with Crippen molar-refractivity contribution < 1.29 is 0 Å². The summed E-state index contributed by atoms with van der Waals surface area (Å²) in [7, 11) is 0. The van der Waals surface area contributed by atoms with E-state index in [0.29, 0.717) is 22.1 Å². The second kappa shape index (κ2) is 4.74. The van der Waals surface area contributed by atoms with Crippen molar-refractivity contribution in [3.8, 4) is 0 Å². The van der Waals surface area contributed by atoms with Crippen LogP contribution in [0.3, 0.4) is 0 Å². The summed E-state index contributed by atoms with van der Waals surface area (Å²) in [4.78, 5) is 9.44. The molecule has 0 spiro atoms. The molecule has 2 bridgehead atoms. The third-order valence-corrected chi connectivity index (χ3v) is 4.54. The van der Waals surface area contributed by atoms with Crippen LogP contribution in [-0.2, 0) is 6.42 Å². The van der Waals surface area contributed by atoms with E-state index in [1.165, 1.54) is 6.42 Å². The fraction of sp³-hybridized carbons (Fsp3) is 0.385. The maximum atomic E-state index is 6.03. The minimum Gasteiger partial charge on any atom is -0.305 e. The number of nitrogens with one attached hydrogen (secondary N) is 1. The summed E-state index contributed by atoms with van der Waals surface area (Å²) in [6, 6.07) is 4.53. The highest BCUT2D eigenvalue weighted by molar-refractivity contribution is 6.42. The molecule has 2 aliphatic heterocycles. The first kappa shape index (κ1) is 13.4. The van der Waals surface area contributed by atoms with Crippen LogP contribution in [0.2, 0.25) is 10.0 Å². The Kier molecular flexibility index (Phi) is 3.34. The number of halogens is 3. The first-order valence-electron chi connectivity index (χ1n) is 6.12. The maximum absolute atomic E-state index is 6.03. The number of rotatable bonds is 0.